The van der Waals surface area contributed by atoms with E-state index in [4.69, 9.17) is 14.9 Å². The minimum atomic E-state index is -0.242. The van der Waals surface area contributed by atoms with E-state index in [1.54, 1.807) is 0 Å². The second kappa shape index (κ2) is 4.20. The van der Waals surface area contributed by atoms with Gasteiger partial charge in [-0.1, -0.05) is 18.2 Å². The number of hydrogen-bond acceptors (Lipinski definition) is 3. The SMILES string of the molecule is NC(c1ccc(Br)o1)C1Cc2ccccc2O1. The number of fused-ring (bicyclic) bond motifs is 1. The maximum atomic E-state index is 6.15. The molecule has 0 fully saturated rings. The summed E-state index contributed by atoms with van der Waals surface area (Å²) in [7, 11) is 0. The highest BCUT2D eigenvalue weighted by atomic mass is 79.9. The first-order valence-electron chi connectivity index (χ1n) is 5.49. The average molecular weight is 294 g/mol. The first-order chi connectivity index (χ1) is 8.24. The predicted octanol–water partition coefficient (Wildman–Crippen LogP) is 3.05. The zero-order valence-corrected chi connectivity index (χ0v) is 10.7. The summed E-state index contributed by atoms with van der Waals surface area (Å²) in [6, 6.07) is 11.5. The number of halogens is 1. The Labute approximate surface area is 108 Å². The van der Waals surface area contributed by atoms with Crippen molar-refractivity contribution in [1.82, 2.24) is 0 Å². The standard InChI is InChI=1S/C13H12BrNO2/c14-12-6-5-10(17-12)13(15)11-7-8-3-1-2-4-9(8)16-11/h1-6,11,13H,7,15H2. The summed E-state index contributed by atoms with van der Waals surface area (Å²) in [4.78, 5) is 0. The van der Waals surface area contributed by atoms with Crippen molar-refractivity contribution in [1.29, 1.82) is 0 Å². The van der Waals surface area contributed by atoms with Crippen LogP contribution < -0.4 is 10.5 Å². The quantitative estimate of drug-likeness (QED) is 0.926. The van der Waals surface area contributed by atoms with Crippen molar-refractivity contribution >= 4 is 15.9 Å². The smallest absolute Gasteiger partial charge is 0.169 e. The highest BCUT2D eigenvalue weighted by Gasteiger charge is 2.30. The third-order valence-corrected chi connectivity index (χ3v) is 3.42. The molecule has 2 unspecified atom stereocenters. The van der Waals surface area contributed by atoms with Crippen molar-refractivity contribution in [2.45, 2.75) is 18.6 Å². The number of para-hydroxylation sites is 1. The van der Waals surface area contributed by atoms with Gasteiger partial charge in [-0.05, 0) is 39.7 Å². The molecule has 0 bridgehead atoms. The van der Waals surface area contributed by atoms with Gasteiger partial charge in [-0.25, -0.2) is 0 Å². The van der Waals surface area contributed by atoms with Gasteiger partial charge in [-0.15, -0.1) is 0 Å². The predicted molar refractivity (Wildman–Crippen MR) is 67.9 cm³/mol. The third-order valence-electron chi connectivity index (χ3n) is 3.00. The molecule has 17 heavy (non-hydrogen) atoms. The van der Waals surface area contributed by atoms with Crippen LogP contribution >= 0.6 is 15.9 Å². The molecule has 2 atom stereocenters. The summed E-state index contributed by atoms with van der Waals surface area (Å²) < 4.78 is 12.0. The maximum absolute atomic E-state index is 6.15. The molecule has 2 heterocycles. The minimum absolute atomic E-state index is 0.0505. The Morgan fingerprint density at radius 2 is 2.06 bits per heavy atom. The summed E-state index contributed by atoms with van der Waals surface area (Å²) in [5.74, 6) is 1.67. The monoisotopic (exact) mass is 293 g/mol. The normalized spacial score (nSPS) is 19.8. The van der Waals surface area contributed by atoms with Crippen LogP contribution in [0.1, 0.15) is 17.4 Å². The van der Waals surface area contributed by atoms with Crippen LogP contribution in [0.25, 0.3) is 0 Å². The van der Waals surface area contributed by atoms with Crippen molar-refractivity contribution in [3.05, 3.63) is 52.4 Å². The Morgan fingerprint density at radius 1 is 1.24 bits per heavy atom. The molecule has 1 aliphatic heterocycles. The number of nitrogens with two attached hydrogens (primary N) is 1. The van der Waals surface area contributed by atoms with Crippen LogP contribution in [0.3, 0.4) is 0 Å². The number of ether oxygens (including phenoxy) is 1. The van der Waals surface area contributed by atoms with Gasteiger partial charge in [0.1, 0.15) is 23.7 Å². The van der Waals surface area contributed by atoms with E-state index in [9.17, 15) is 0 Å². The molecular weight excluding hydrogens is 282 g/mol. The first kappa shape index (κ1) is 10.9. The van der Waals surface area contributed by atoms with Gasteiger partial charge >= 0.3 is 0 Å². The second-order valence-corrected chi connectivity index (χ2v) is 4.92. The molecule has 2 N–H and O–H groups in total. The van der Waals surface area contributed by atoms with Crippen LogP contribution in [-0.2, 0) is 6.42 Å². The van der Waals surface area contributed by atoms with Gasteiger partial charge in [0.15, 0.2) is 4.67 Å². The van der Waals surface area contributed by atoms with Gasteiger partial charge < -0.3 is 14.9 Å². The van der Waals surface area contributed by atoms with E-state index in [1.165, 1.54) is 5.56 Å². The van der Waals surface area contributed by atoms with Crippen LogP contribution in [-0.4, -0.2) is 6.10 Å². The number of hydrogen-bond donors (Lipinski definition) is 1. The number of furan rings is 1. The zero-order valence-electron chi connectivity index (χ0n) is 9.10. The molecule has 3 nitrogen and oxygen atoms in total. The van der Waals surface area contributed by atoms with E-state index in [0.717, 1.165) is 17.9 Å². The van der Waals surface area contributed by atoms with E-state index in [-0.39, 0.29) is 12.1 Å². The van der Waals surface area contributed by atoms with E-state index >= 15 is 0 Å². The third kappa shape index (κ3) is 1.98. The van der Waals surface area contributed by atoms with Crippen molar-refractivity contribution in [3.63, 3.8) is 0 Å². The average Bonchev–Trinajstić information content (AvgIpc) is 2.93. The molecule has 1 aromatic heterocycles. The Morgan fingerprint density at radius 3 is 2.76 bits per heavy atom. The van der Waals surface area contributed by atoms with Crippen LogP contribution in [0.2, 0.25) is 0 Å². The van der Waals surface area contributed by atoms with E-state index in [0.29, 0.717) is 4.67 Å². The molecule has 0 amide bonds. The van der Waals surface area contributed by atoms with Gasteiger partial charge in [0, 0.05) is 6.42 Å². The molecule has 0 radical (unpaired) electrons. The lowest BCUT2D eigenvalue weighted by Crippen LogP contribution is -2.29. The van der Waals surface area contributed by atoms with Crippen LogP contribution in [0.15, 0.2) is 45.5 Å². The summed E-state index contributed by atoms with van der Waals surface area (Å²) in [5, 5.41) is 0. The molecule has 4 heteroatoms. The minimum Gasteiger partial charge on any atom is -0.488 e. The Hall–Kier alpha value is -1.26. The summed E-state index contributed by atoms with van der Waals surface area (Å²) >= 11 is 3.27. The highest BCUT2D eigenvalue weighted by molar-refractivity contribution is 9.10. The van der Waals surface area contributed by atoms with Gasteiger partial charge in [0.05, 0.1) is 0 Å². The second-order valence-electron chi connectivity index (χ2n) is 4.14. The van der Waals surface area contributed by atoms with E-state index < -0.39 is 0 Å². The Bertz CT molecular complexity index is 513. The fraction of sp³-hybridized carbons (Fsp3) is 0.231. The highest BCUT2D eigenvalue weighted by Crippen LogP contribution is 2.33. The number of rotatable bonds is 2. The molecule has 88 valence electrons. The fourth-order valence-electron chi connectivity index (χ4n) is 2.10. The van der Waals surface area contributed by atoms with Gasteiger partial charge in [0.2, 0.25) is 0 Å². The molecule has 3 rings (SSSR count). The molecular formula is C13H12BrNO2. The van der Waals surface area contributed by atoms with Crippen LogP contribution in [0.5, 0.6) is 5.75 Å². The Kier molecular flexibility index (Phi) is 2.68. The Balaban J connectivity index is 1.80. The van der Waals surface area contributed by atoms with Crippen molar-refractivity contribution in [2.24, 2.45) is 5.73 Å². The molecule has 1 aliphatic rings. The molecule has 0 aliphatic carbocycles. The molecule has 0 spiro atoms. The maximum Gasteiger partial charge on any atom is 0.169 e. The van der Waals surface area contributed by atoms with Crippen molar-refractivity contribution < 1.29 is 9.15 Å². The fourth-order valence-corrected chi connectivity index (χ4v) is 2.42. The summed E-state index contributed by atoms with van der Waals surface area (Å²) in [5.41, 5.74) is 7.36. The van der Waals surface area contributed by atoms with Crippen molar-refractivity contribution in [3.8, 4) is 5.75 Å². The topological polar surface area (TPSA) is 48.4 Å². The van der Waals surface area contributed by atoms with Crippen molar-refractivity contribution in [2.75, 3.05) is 0 Å². The van der Waals surface area contributed by atoms with Gasteiger partial charge in [0.25, 0.3) is 0 Å². The lowest BCUT2D eigenvalue weighted by atomic mass is 10.0. The lowest BCUT2D eigenvalue weighted by Gasteiger charge is -2.16. The molecule has 1 aromatic carbocycles. The summed E-state index contributed by atoms with van der Waals surface area (Å²) in [6.07, 6.45) is 0.779. The van der Waals surface area contributed by atoms with Gasteiger partial charge in [-0.3, -0.25) is 0 Å². The zero-order chi connectivity index (χ0) is 11.8. The van der Waals surface area contributed by atoms with E-state index in [1.807, 2.05) is 30.3 Å². The molecule has 0 saturated carbocycles. The first-order valence-corrected chi connectivity index (χ1v) is 6.29. The van der Waals surface area contributed by atoms with Crippen LogP contribution in [0.4, 0.5) is 0 Å². The lowest BCUT2D eigenvalue weighted by molar-refractivity contribution is 0.186. The van der Waals surface area contributed by atoms with E-state index in [2.05, 4.69) is 22.0 Å². The van der Waals surface area contributed by atoms with Crippen LogP contribution in [0, 0.1) is 0 Å². The molecule has 2 aromatic rings. The molecule has 0 saturated heterocycles. The van der Waals surface area contributed by atoms with Gasteiger partial charge in [-0.2, -0.15) is 0 Å². The largest absolute Gasteiger partial charge is 0.488 e. The number of benzene rings is 1. The summed E-state index contributed by atoms with van der Waals surface area (Å²) in [6.45, 7) is 0.